The summed E-state index contributed by atoms with van der Waals surface area (Å²) >= 11 is 0. The summed E-state index contributed by atoms with van der Waals surface area (Å²) in [5.41, 5.74) is 4.51. The van der Waals surface area contributed by atoms with Gasteiger partial charge in [-0.1, -0.05) is 26.0 Å². The zero-order chi connectivity index (χ0) is 22.0. The lowest BCUT2D eigenvalue weighted by molar-refractivity contribution is 0.101. The zero-order valence-corrected chi connectivity index (χ0v) is 17.4. The van der Waals surface area contributed by atoms with Crippen LogP contribution in [-0.4, -0.2) is 37.9 Å². The Hall–Kier alpha value is -4.01. The van der Waals surface area contributed by atoms with E-state index in [-0.39, 0.29) is 11.3 Å². The number of aromatic amines is 1. The number of hydrogen-bond donors (Lipinski definition) is 2. The van der Waals surface area contributed by atoms with Crippen LogP contribution in [0.4, 0.5) is 0 Å². The highest BCUT2D eigenvalue weighted by molar-refractivity contribution is 6.00. The summed E-state index contributed by atoms with van der Waals surface area (Å²) in [6.45, 7) is 4.15. The summed E-state index contributed by atoms with van der Waals surface area (Å²) in [5, 5.41) is 7.10. The van der Waals surface area contributed by atoms with Gasteiger partial charge in [-0.25, -0.2) is 4.98 Å². The van der Waals surface area contributed by atoms with E-state index in [0.717, 1.165) is 10.4 Å². The van der Waals surface area contributed by atoms with Gasteiger partial charge in [-0.15, -0.1) is 0 Å². The smallest absolute Gasteiger partial charge is 0.301 e. The monoisotopic (exact) mass is 418 g/mol. The molecule has 2 N–H and O–H groups in total. The molecule has 9 heteroatoms. The van der Waals surface area contributed by atoms with Crippen LogP contribution in [0.2, 0.25) is 0 Å². The summed E-state index contributed by atoms with van der Waals surface area (Å²) in [5.74, 6) is 0.739. The molecule has 0 saturated carbocycles. The first-order valence-electron chi connectivity index (χ1n) is 9.83. The second-order valence-electron chi connectivity index (χ2n) is 7.49. The van der Waals surface area contributed by atoms with Gasteiger partial charge in [0.1, 0.15) is 11.3 Å². The minimum Gasteiger partial charge on any atom is -0.497 e. The fraction of sp³-hybridized carbons (Fsp3) is 0.227. The third-order valence-corrected chi connectivity index (χ3v) is 4.73. The van der Waals surface area contributed by atoms with E-state index in [0.29, 0.717) is 34.7 Å². The van der Waals surface area contributed by atoms with Gasteiger partial charge in [-0.2, -0.15) is 9.77 Å². The Labute approximate surface area is 178 Å². The maximum atomic E-state index is 13.3. The van der Waals surface area contributed by atoms with Crippen LogP contribution in [0, 0.1) is 5.92 Å². The molecule has 158 valence electrons. The second kappa shape index (κ2) is 8.39. The molecule has 0 radical (unpaired) electrons. The Balaban J connectivity index is 1.91. The van der Waals surface area contributed by atoms with Gasteiger partial charge in [0.25, 0.3) is 5.91 Å². The van der Waals surface area contributed by atoms with E-state index in [1.165, 1.54) is 6.20 Å². The summed E-state index contributed by atoms with van der Waals surface area (Å²) < 4.78 is 6.43. The van der Waals surface area contributed by atoms with E-state index in [9.17, 15) is 9.59 Å². The number of rotatable bonds is 6. The van der Waals surface area contributed by atoms with Gasteiger partial charge in [0.2, 0.25) is 0 Å². The van der Waals surface area contributed by atoms with Crippen molar-refractivity contribution < 1.29 is 9.53 Å². The van der Waals surface area contributed by atoms with Crippen molar-refractivity contribution in [3.63, 3.8) is 0 Å². The summed E-state index contributed by atoms with van der Waals surface area (Å²) in [6, 6.07) is 10.4. The Bertz CT molecular complexity index is 1290. The molecule has 0 unspecified atom stereocenters. The number of fused-ring (bicyclic) bond motifs is 1. The number of benzene rings is 1. The molecule has 0 aliphatic heterocycles. The van der Waals surface area contributed by atoms with E-state index < -0.39 is 11.5 Å². The number of pyridine rings is 1. The van der Waals surface area contributed by atoms with E-state index in [1.807, 2.05) is 0 Å². The van der Waals surface area contributed by atoms with Crippen LogP contribution in [0.1, 0.15) is 29.9 Å². The van der Waals surface area contributed by atoms with Crippen LogP contribution in [0.15, 0.2) is 53.6 Å². The SMILES string of the molecule is COc1cccc(-c2nc3c(CC(C)C)[nH]nc3c(=O)n2NC(=O)c2cccnc2)c1. The minimum absolute atomic E-state index is 0.161. The van der Waals surface area contributed by atoms with Crippen LogP contribution in [0.25, 0.3) is 22.4 Å². The lowest BCUT2D eigenvalue weighted by atomic mass is 10.1. The molecular weight excluding hydrogens is 396 g/mol. The van der Waals surface area contributed by atoms with Gasteiger partial charge >= 0.3 is 5.56 Å². The molecule has 0 spiro atoms. The van der Waals surface area contributed by atoms with Crippen molar-refractivity contribution in [2.24, 2.45) is 5.92 Å². The van der Waals surface area contributed by atoms with Gasteiger partial charge < -0.3 is 4.74 Å². The molecule has 1 aromatic carbocycles. The first-order valence-corrected chi connectivity index (χ1v) is 9.83. The first kappa shape index (κ1) is 20.3. The molecule has 0 aliphatic carbocycles. The van der Waals surface area contributed by atoms with Crippen LogP contribution >= 0.6 is 0 Å². The average Bonchev–Trinajstić information content (AvgIpc) is 3.18. The molecule has 9 nitrogen and oxygen atoms in total. The summed E-state index contributed by atoms with van der Waals surface area (Å²) in [4.78, 5) is 34.8. The van der Waals surface area contributed by atoms with Crippen molar-refractivity contribution in [1.29, 1.82) is 0 Å². The van der Waals surface area contributed by atoms with E-state index in [2.05, 4.69) is 34.5 Å². The average molecular weight is 418 g/mol. The Morgan fingerprint density at radius 2 is 2.06 bits per heavy atom. The number of carbonyl (C=O) groups excluding carboxylic acids is 1. The molecule has 3 aromatic heterocycles. The number of aromatic nitrogens is 5. The highest BCUT2D eigenvalue weighted by Crippen LogP contribution is 2.24. The number of amides is 1. The van der Waals surface area contributed by atoms with Crippen LogP contribution in [0.5, 0.6) is 5.75 Å². The molecule has 4 rings (SSSR count). The lowest BCUT2D eigenvalue weighted by Crippen LogP contribution is -2.35. The first-order chi connectivity index (χ1) is 15.0. The molecule has 4 aromatic rings. The fourth-order valence-corrected chi connectivity index (χ4v) is 3.27. The molecule has 0 fully saturated rings. The number of hydrogen-bond acceptors (Lipinski definition) is 6. The number of ether oxygens (including phenoxy) is 1. The third-order valence-electron chi connectivity index (χ3n) is 4.73. The third kappa shape index (κ3) is 4.02. The van der Waals surface area contributed by atoms with Gasteiger partial charge in [-0.05, 0) is 36.6 Å². The Kier molecular flexibility index (Phi) is 5.48. The normalized spacial score (nSPS) is 11.1. The van der Waals surface area contributed by atoms with Crippen molar-refractivity contribution in [3.8, 4) is 17.1 Å². The molecule has 3 heterocycles. The molecular formula is C22H22N6O3. The topological polar surface area (TPSA) is 115 Å². The van der Waals surface area contributed by atoms with E-state index >= 15 is 0 Å². The van der Waals surface area contributed by atoms with Crippen LogP contribution in [0.3, 0.4) is 0 Å². The van der Waals surface area contributed by atoms with Crippen LogP contribution in [-0.2, 0) is 6.42 Å². The number of nitrogens with zero attached hydrogens (tertiary/aromatic N) is 4. The molecule has 0 aliphatic rings. The second-order valence-corrected chi connectivity index (χ2v) is 7.49. The summed E-state index contributed by atoms with van der Waals surface area (Å²) in [7, 11) is 1.56. The maximum absolute atomic E-state index is 13.3. The van der Waals surface area contributed by atoms with Crippen molar-refractivity contribution in [2.75, 3.05) is 12.5 Å². The quantitative estimate of drug-likeness (QED) is 0.498. The van der Waals surface area contributed by atoms with Crippen molar-refractivity contribution >= 4 is 16.9 Å². The highest BCUT2D eigenvalue weighted by Gasteiger charge is 2.20. The number of methoxy groups -OCH3 is 1. The van der Waals surface area contributed by atoms with Crippen LogP contribution < -0.4 is 15.7 Å². The number of nitrogens with one attached hydrogen (secondary N) is 2. The fourth-order valence-electron chi connectivity index (χ4n) is 3.27. The molecule has 0 bridgehead atoms. The largest absolute Gasteiger partial charge is 0.497 e. The molecule has 31 heavy (non-hydrogen) atoms. The van der Waals surface area contributed by atoms with Gasteiger partial charge in [0.05, 0.1) is 18.4 Å². The van der Waals surface area contributed by atoms with E-state index in [1.54, 1.807) is 49.7 Å². The predicted molar refractivity (Wildman–Crippen MR) is 117 cm³/mol. The zero-order valence-electron chi connectivity index (χ0n) is 17.4. The van der Waals surface area contributed by atoms with Crippen molar-refractivity contribution in [1.82, 2.24) is 24.8 Å². The number of carbonyl (C=O) groups is 1. The van der Waals surface area contributed by atoms with Gasteiger partial charge in [-0.3, -0.25) is 25.1 Å². The lowest BCUT2D eigenvalue weighted by Gasteiger charge is -2.14. The molecule has 0 saturated heterocycles. The standard InChI is InChI=1S/C22H22N6O3/c1-13(2)10-17-18-19(26-25-17)22(30)28(27-21(29)15-7-5-9-23-12-15)20(24-18)14-6-4-8-16(11-14)31-3/h4-9,11-13H,10H2,1-3H3,(H,25,26)(H,27,29). The Morgan fingerprint density at radius 1 is 1.23 bits per heavy atom. The molecule has 0 atom stereocenters. The minimum atomic E-state index is -0.488. The summed E-state index contributed by atoms with van der Waals surface area (Å²) in [6.07, 6.45) is 3.68. The Morgan fingerprint density at radius 3 is 2.77 bits per heavy atom. The van der Waals surface area contributed by atoms with E-state index in [4.69, 9.17) is 9.72 Å². The highest BCUT2D eigenvalue weighted by atomic mass is 16.5. The van der Waals surface area contributed by atoms with Gasteiger partial charge in [0.15, 0.2) is 11.3 Å². The maximum Gasteiger partial charge on any atom is 0.301 e. The van der Waals surface area contributed by atoms with Crippen molar-refractivity contribution in [2.45, 2.75) is 20.3 Å². The van der Waals surface area contributed by atoms with Gasteiger partial charge in [0, 0.05) is 18.0 Å². The molecule has 1 amide bonds. The predicted octanol–water partition coefficient (Wildman–Crippen LogP) is 2.77. The van der Waals surface area contributed by atoms with Crippen molar-refractivity contribution in [3.05, 3.63) is 70.4 Å². The number of H-pyrrole nitrogens is 1.